The van der Waals surface area contributed by atoms with Crippen molar-refractivity contribution in [2.24, 2.45) is 0 Å². The third-order valence-corrected chi connectivity index (χ3v) is 4.24. The van der Waals surface area contributed by atoms with E-state index in [4.69, 9.17) is 9.47 Å². The molecule has 0 aliphatic heterocycles. The van der Waals surface area contributed by atoms with Crippen molar-refractivity contribution >= 4 is 38.0 Å². The van der Waals surface area contributed by atoms with Crippen molar-refractivity contribution in [1.82, 2.24) is 10.3 Å². The maximum absolute atomic E-state index is 12.2. The highest BCUT2D eigenvalue weighted by Gasteiger charge is 2.21. The summed E-state index contributed by atoms with van der Waals surface area (Å²) >= 11 is 6.78. The number of hydrogen-bond donors (Lipinski definition) is 1. The van der Waals surface area contributed by atoms with Crippen LogP contribution in [0.1, 0.15) is 26.3 Å². The molecule has 2 aromatic rings. The molecule has 140 valence electrons. The van der Waals surface area contributed by atoms with E-state index in [1.165, 1.54) is 0 Å². The lowest BCUT2D eigenvalue weighted by atomic mass is 10.1. The summed E-state index contributed by atoms with van der Waals surface area (Å²) in [6, 6.07) is 11.5. The molecule has 1 amide bonds. The molecule has 0 spiro atoms. The molecule has 2 rings (SSSR count). The van der Waals surface area contributed by atoms with Crippen molar-refractivity contribution in [3.63, 3.8) is 0 Å². The van der Waals surface area contributed by atoms with Gasteiger partial charge in [-0.25, -0.2) is 9.78 Å². The van der Waals surface area contributed by atoms with E-state index in [1.54, 1.807) is 6.20 Å². The van der Waals surface area contributed by atoms with Gasteiger partial charge < -0.3 is 14.8 Å². The summed E-state index contributed by atoms with van der Waals surface area (Å²) in [6.07, 6.45) is 1.81. The van der Waals surface area contributed by atoms with Crippen LogP contribution in [0.25, 0.3) is 0 Å². The number of amides is 1. The Morgan fingerprint density at radius 1 is 1.23 bits per heavy atom. The van der Waals surface area contributed by atoms with Crippen molar-refractivity contribution in [2.45, 2.75) is 38.8 Å². The Kier molecular flexibility index (Phi) is 7.46. The average molecular weight is 486 g/mol. The Hall–Kier alpha value is -1.60. The Morgan fingerprint density at radius 3 is 2.54 bits per heavy atom. The Balaban J connectivity index is 2.05. The summed E-state index contributed by atoms with van der Waals surface area (Å²) in [5.41, 5.74) is 0.540. The minimum Gasteiger partial charge on any atom is -0.475 e. The first-order chi connectivity index (χ1) is 12.2. The number of carbonyl (C=O) groups is 1. The number of nitrogens with zero attached hydrogens (tertiary/aromatic N) is 1. The van der Waals surface area contributed by atoms with Crippen LogP contribution in [0.3, 0.4) is 0 Å². The molecule has 0 bridgehead atoms. The lowest BCUT2D eigenvalue weighted by Crippen LogP contribution is -2.43. The molecule has 0 aliphatic rings. The Morgan fingerprint density at radius 2 is 1.92 bits per heavy atom. The monoisotopic (exact) mass is 484 g/mol. The molecule has 1 heterocycles. The average Bonchev–Trinajstić information content (AvgIpc) is 2.53. The number of alkyl carbamates (subject to hydrolysis) is 1. The minimum atomic E-state index is -0.557. The topological polar surface area (TPSA) is 60.5 Å². The van der Waals surface area contributed by atoms with Crippen LogP contribution in [0.15, 0.2) is 51.5 Å². The molecule has 0 radical (unpaired) electrons. The van der Waals surface area contributed by atoms with E-state index in [0.717, 1.165) is 14.5 Å². The second kappa shape index (κ2) is 9.37. The van der Waals surface area contributed by atoms with E-state index in [2.05, 4.69) is 42.2 Å². The van der Waals surface area contributed by atoms with Crippen molar-refractivity contribution in [3.8, 4) is 5.88 Å². The Bertz CT molecular complexity index is 733. The zero-order valence-electron chi connectivity index (χ0n) is 15.0. The summed E-state index contributed by atoms with van der Waals surface area (Å²) in [6.45, 7) is 5.76. The predicted molar refractivity (Wildman–Crippen MR) is 108 cm³/mol. The number of aromatic nitrogens is 1. The third-order valence-electron chi connectivity index (χ3n) is 3.24. The van der Waals surface area contributed by atoms with Gasteiger partial charge in [-0.1, -0.05) is 30.3 Å². The first-order valence-corrected chi connectivity index (χ1v) is 9.79. The van der Waals surface area contributed by atoms with Crippen molar-refractivity contribution in [1.29, 1.82) is 0 Å². The summed E-state index contributed by atoms with van der Waals surface area (Å²) < 4.78 is 12.8. The van der Waals surface area contributed by atoms with Gasteiger partial charge in [-0.3, -0.25) is 0 Å². The van der Waals surface area contributed by atoms with E-state index in [9.17, 15) is 4.79 Å². The molecule has 7 heteroatoms. The van der Waals surface area contributed by atoms with Gasteiger partial charge in [-0.2, -0.15) is 0 Å². The standard InChI is InChI=1S/C19H22Br2N2O3/c1-19(2,3)26-18(24)23-15(9-13-7-5-4-6-8-13)12-25-17-16(21)10-14(20)11-22-17/h4-8,10-11,15H,9,12H2,1-3H3,(H,23,24). The molecular formula is C19H22Br2N2O3. The van der Waals surface area contributed by atoms with E-state index in [0.29, 0.717) is 12.3 Å². The van der Waals surface area contributed by atoms with Crippen molar-refractivity contribution in [2.75, 3.05) is 6.61 Å². The van der Waals surface area contributed by atoms with E-state index in [1.807, 2.05) is 57.2 Å². The van der Waals surface area contributed by atoms with Gasteiger partial charge in [-0.15, -0.1) is 0 Å². The number of benzene rings is 1. The van der Waals surface area contributed by atoms with Gasteiger partial charge in [-0.05, 0) is 70.7 Å². The number of nitrogens with one attached hydrogen (secondary N) is 1. The number of pyridine rings is 1. The van der Waals surface area contributed by atoms with Gasteiger partial charge in [0.25, 0.3) is 0 Å². The highest BCUT2D eigenvalue weighted by atomic mass is 79.9. The molecule has 1 unspecified atom stereocenters. The summed E-state index contributed by atoms with van der Waals surface area (Å²) in [7, 11) is 0. The summed E-state index contributed by atoms with van der Waals surface area (Å²) in [4.78, 5) is 16.4. The van der Waals surface area contributed by atoms with Crippen molar-refractivity contribution < 1.29 is 14.3 Å². The fourth-order valence-electron chi connectivity index (χ4n) is 2.21. The molecule has 1 aromatic carbocycles. The normalized spacial score (nSPS) is 12.3. The first-order valence-electron chi connectivity index (χ1n) is 8.20. The molecule has 1 atom stereocenters. The summed E-state index contributed by atoms with van der Waals surface area (Å²) in [5, 5.41) is 2.88. The van der Waals surface area contributed by atoms with E-state index in [-0.39, 0.29) is 12.6 Å². The van der Waals surface area contributed by atoms with Crippen LogP contribution in [-0.4, -0.2) is 29.3 Å². The SMILES string of the molecule is CC(C)(C)OC(=O)NC(COc1ncc(Br)cc1Br)Cc1ccccc1. The number of carbonyl (C=O) groups excluding carboxylic acids is 1. The molecule has 1 N–H and O–H groups in total. The fraction of sp³-hybridized carbons (Fsp3) is 0.368. The number of halogens is 2. The van der Waals surface area contributed by atoms with Crippen LogP contribution in [-0.2, 0) is 11.2 Å². The Labute approximate surface area is 170 Å². The van der Waals surface area contributed by atoms with Crippen LogP contribution in [0, 0.1) is 0 Å². The van der Waals surface area contributed by atoms with Gasteiger partial charge in [0.05, 0.1) is 10.5 Å². The first kappa shape index (κ1) is 20.7. The van der Waals surface area contributed by atoms with Gasteiger partial charge >= 0.3 is 6.09 Å². The van der Waals surface area contributed by atoms with Crippen LogP contribution >= 0.6 is 31.9 Å². The highest BCUT2D eigenvalue weighted by molar-refractivity contribution is 9.11. The zero-order valence-corrected chi connectivity index (χ0v) is 18.1. The second-order valence-corrected chi connectivity index (χ2v) is 8.55. The van der Waals surface area contributed by atoms with Gasteiger partial charge in [0.2, 0.25) is 5.88 Å². The second-order valence-electron chi connectivity index (χ2n) is 6.78. The van der Waals surface area contributed by atoms with Gasteiger partial charge in [0, 0.05) is 10.7 Å². The largest absolute Gasteiger partial charge is 0.475 e. The molecule has 0 saturated heterocycles. The summed E-state index contributed by atoms with van der Waals surface area (Å²) in [5.74, 6) is 0.470. The van der Waals surface area contributed by atoms with Crippen molar-refractivity contribution in [3.05, 3.63) is 57.1 Å². The van der Waals surface area contributed by atoms with Crippen LogP contribution in [0.2, 0.25) is 0 Å². The molecule has 0 saturated carbocycles. The predicted octanol–water partition coefficient (Wildman–Crippen LogP) is 5.12. The molecular weight excluding hydrogens is 464 g/mol. The lowest BCUT2D eigenvalue weighted by molar-refractivity contribution is 0.0487. The van der Waals surface area contributed by atoms with Crippen LogP contribution in [0.5, 0.6) is 5.88 Å². The zero-order chi connectivity index (χ0) is 19.2. The van der Waals surface area contributed by atoms with Gasteiger partial charge in [0.15, 0.2) is 0 Å². The molecule has 26 heavy (non-hydrogen) atoms. The quantitative estimate of drug-likeness (QED) is 0.616. The van der Waals surface area contributed by atoms with Crippen LogP contribution < -0.4 is 10.1 Å². The molecule has 1 aromatic heterocycles. The fourth-order valence-corrected chi connectivity index (χ4v) is 3.31. The minimum absolute atomic E-state index is 0.260. The maximum atomic E-state index is 12.2. The van der Waals surface area contributed by atoms with Gasteiger partial charge in [0.1, 0.15) is 12.2 Å². The maximum Gasteiger partial charge on any atom is 0.408 e. The van der Waals surface area contributed by atoms with Crippen LogP contribution in [0.4, 0.5) is 4.79 Å². The third kappa shape index (κ3) is 7.33. The highest BCUT2D eigenvalue weighted by Crippen LogP contribution is 2.25. The number of ether oxygens (including phenoxy) is 2. The molecule has 0 aliphatic carbocycles. The van der Waals surface area contributed by atoms with E-state index < -0.39 is 11.7 Å². The molecule has 0 fully saturated rings. The smallest absolute Gasteiger partial charge is 0.408 e. The molecule has 5 nitrogen and oxygen atoms in total. The number of rotatable bonds is 6. The lowest BCUT2D eigenvalue weighted by Gasteiger charge is -2.24. The number of hydrogen-bond acceptors (Lipinski definition) is 4. The van der Waals surface area contributed by atoms with E-state index >= 15 is 0 Å².